The third kappa shape index (κ3) is 3.89. The Morgan fingerprint density at radius 3 is 2.22 bits per heavy atom. The Morgan fingerprint density at radius 1 is 1.33 bits per heavy atom. The first-order chi connectivity index (χ1) is 7.99. The quantitative estimate of drug-likeness (QED) is 0.677. The molecule has 0 heterocycles. The summed E-state index contributed by atoms with van der Waals surface area (Å²) >= 11 is 0. The van der Waals surface area contributed by atoms with Crippen molar-refractivity contribution in [1.82, 2.24) is 0 Å². The number of hydrogen-bond donors (Lipinski definition) is 1. The van der Waals surface area contributed by atoms with Crippen LogP contribution in [0.5, 0.6) is 0 Å². The van der Waals surface area contributed by atoms with Gasteiger partial charge in [-0.15, -0.1) is 12.4 Å². The fourth-order valence-electron chi connectivity index (χ4n) is 1.44. The Bertz CT molecular complexity index is 406. The van der Waals surface area contributed by atoms with Crippen molar-refractivity contribution in [3.63, 3.8) is 0 Å². The number of ether oxygens (including phenoxy) is 1. The maximum atomic E-state index is 12.9. The van der Waals surface area contributed by atoms with E-state index in [0.29, 0.717) is 0 Å². The van der Waals surface area contributed by atoms with Gasteiger partial charge in [0.15, 0.2) is 17.5 Å². The molecule has 0 fully saturated rings. The topological polar surface area (TPSA) is 52.3 Å². The van der Waals surface area contributed by atoms with Crippen LogP contribution < -0.4 is 5.73 Å². The maximum absolute atomic E-state index is 12.9. The maximum Gasteiger partial charge on any atom is 0.310 e. The van der Waals surface area contributed by atoms with E-state index >= 15 is 0 Å². The lowest BCUT2D eigenvalue weighted by molar-refractivity contribution is -0.145. The van der Waals surface area contributed by atoms with Crippen LogP contribution in [-0.4, -0.2) is 19.6 Å². The fourth-order valence-corrected chi connectivity index (χ4v) is 1.44. The molecule has 0 spiro atoms. The average Bonchev–Trinajstić information content (AvgIpc) is 2.31. The van der Waals surface area contributed by atoms with Gasteiger partial charge in [-0.05, 0) is 24.1 Å². The molecule has 1 atom stereocenters. The summed E-state index contributed by atoms with van der Waals surface area (Å²) < 4.78 is 43.0. The molecule has 1 unspecified atom stereocenters. The third-order valence-electron chi connectivity index (χ3n) is 2.34. The summed E-state index contributed by atoms with van der Waals surface area (Å²) in [5.41, 5.74) is 5.50. The Labute approximate surface area is 109 Å². The molecule has 7 heteroatoms. The van der Waals surface area contributed by atoms with E-state index in [4.69, 9.17) is 5.73 Å². The van der Waals surface area contributed by atoms with Crippen LogP contribution in [0.2, 0.25) is 0 Å². The Kier molecular flexibility index (Phi) is 6.72. The highest BCUT2D eigenvalue weighted by Crippen LogP contribution is 2.16. The van der Waals surface area contributed by atoms with Crippen LogP contribution in [0.1, 0.15) is 5.56 Å². The van der Waals surface area contributed by atoms with E-state index in [0.717, 1.165) is 12.1 Å². The van der Waals surface area contributed by atoms with E-state index in [1.54, 1.807) is 0 Å². The van der Waals surface area contributed by atoms with E-state index in [2.05, 4.69) is 4.74 Å². The zero-order valence-electron chi connectivity index (χ0n) is 9.58. The molecule has 2 N–H and O–H groups in total. The van der Waals surface area contributed by atoms with Crippen LogP contribution in [0.15, 0.2) is 12.1 Å². The lowest BCUT2D eigenvalue weighted by Crippen LogP contribution is -2.27. The van der Waals surface area contributed by atoms with Crippen molar-refractivity contribution in [2.75, 3.05) is 13.7 Å². The van der Waals surface area contributed by atoms with Gasteiger partial charge in [-0.25, -0.2) is 13.2 Å². The van der Waals surface area contributed by atoms with Gasteiger partial charge in [-0.3, -0.25) is 4.79 Å². The summed E-state index contributed by atoms with van der Waals surface area (Å²) in [4.78, 5) is 11.2. The molecule has 1 aromatic rings. The second-order valence-electron chi connectivity index (χ2n) is 3.53. The minimum absolute atomic E-state index is 0. The van der Waals surface area contributed by atoms with Crippen molar-refractivity contribution in [2.24, 2.45) is 11.7 Å². The summed E-state index contributed by atoms with van der Waals surface area (Å²) in [5.74, 6) is -5.39. The number of esters is 1. The SMILES string of the molecule is COC(=O)C(CN)Cc1cc(F)c(F)c(F)c1.Cl. The molecule has 0 aliphatic heterocycles. The van der Waals surface area contributed by atoms with E-state index in [1.807, 2.05) is 0 Å². The lowest BCUT2D eigenvalue weighted by Gasteiger charge is -2.12. The molecule has 3 nitrogen and oxygen atoms in total. The standard InChI is InChI=1S/C11H12F3NO2.ClH/c1-17-11(16)7(5-15)2-6-3-8(12)10(14)9(13)4-6;/h3-4,7H,2,5,15H2,1H3;1H. The first-order valence-electron chi connectivity index (χ1n) is 4.91. The first kappa shape index (κ1) is 16.7. The van der Waals surface area contributed by atoms with Crippen molar-refractivity contribution < 1.29 is 22.7 Å². The molecule has 0 amide bonds. The van der Waals surface area contributed by atoms with Gasteiger partial charge < -0.3 is 10.5 Å². The number of carbonyl (C=O) groups excluding carboxylic acids is 1. The number of benzene rings is 1. The number of hydrogen-bond acceptors (Lipinski definition) is 3. The number of methoxy groups -OCH3 is 1. The third-order valence-corrected chi connectivity index (χ3v) is 2.34. The lowest BCUT2D eigenvalue weighted by atomic mass is 9.99. The van der Waals surface area contributed by atoms with Crippen LogP contribution in [0, 0.1) is 23.4 Å². The first-order valence-corrected chi connectivity index (χ1v) is 4.91. The van der Waals surface area contributed by atoms with Crippen molar-refractivity contribution >= 4 is 18.4 Å². The molecule has 0 aliphatic carbocycles. The molecular weight excluding hydrogens is 271 g/mol. The number of halogens is 4. The molecule has 0 aliphatic rings. The summed E-state index contributed by atoms with van der Waals surface area (Å²) in [6, 6.07) is 1.67. The monoisotopic (exact) mass is 283 g/mol. The zero-order valence-corrected chi connectivity index (χ0v) is 10.4. The molecular formula is C11H13ClF3NO2. The zero-order chi connectivity index (χ0) is 13.0. The van der Waals surface area contributed by atoms with Crippen LogP contribution in [0.3, 0.4) is 0 Å². The van der Waals surface area contributed by atoms with Crippen molar-refractivity contribution in [3.8, 4) is 0 Å². The Morgan fingerprint density at radius 2 is 1.83 bits per heavy atom. The minimum atomic E-state index is -1.53. The van der Waals surface area contributed by atoms with Gasteiger partial charge in [-0.2, -0.15) is 0 Å². The Balaban J connectivity index is 0.00000289. The molecule has 0 radical (unpaired) electrons. The summed E-state index contributed by atoms with van der Waals surface area (Å²) in [5, 5.41) is 0. The smallest absolute Gasteiger partial charge is 0.310 e. The van der Waals surface area contributed by atoms with Crippen molar-refractivity contribution in [1.29, 1.82) is 0 Å². The summed E-state index contributed by atoms with van der Waals surface area (Å²) in [6.45, 7) is -0.0205. The van der Waals surface area contributed by atoms with Crippen LogP contribution >= 0.6 is 12.4 Å². The predicted molar refractivity (Wildman–Crippen MR) is 61.8 cm³/mol. The molecule has 0 bridgehead atoms. The molecule has 1 rings (SSSR count). The minimum Gasteiger partial charge on any atom is -0.469 e. The van der Waals surface area contributed by atoms with E-state index in [-0.39, 0.29) is 30.9 Å². The van der Waals surface area contributed by atoms with E-state index in [9.17, 15) is 18.0 Å². The molecule has 18 heavy (non-hydrogen) atoms. The average molecular weight is 284 g/mol. The van der Waals surface area contributed by atoms with Gasteiger partial charge >= 0.3 is 5.97 Å². The molecule has 0 aromatic heterocycles. The van der Waals surface area contributed by atoms with Gasteiger partial charge in [0.1, 0.15) is 0 Å². The fraction of sp³-hybridized carbons (Fsp3) is 0.364. The molecule has 102 valence electrons. The predicted octanol–water partition coefficient (Wildman–Crippen LogP) is 1.82. The van der Waals surface area contributed by atoms with E-state index < -0.39 is 29.3 Å². The summed E-state index contributed by atoms with van der Waals surface area (Å²) in [7, 11) is 1.19. The second-order valence-corrected chi connectivity index (χ2v) is 3.53. The van der Waals surface area contributed by atoms with Crippen LogP contribution in [-0.2, 0) is 16.0 Å². The van der Waals surface area contributed by atoms with Gasteiger partial charge in [0.2, 0.25) is 0 Å². The van der Waals surface area contributed by atoms with Gasteiger partial charge in [0, 0.05) is 6.54 Å². The number of carbonyl (C=O) groups is 1. The molecule has 1 aromatic carbocycles. The van der Waals surface area contributed by atoms with Crippen molar-refractivity contribution in [2.45, 2.75) is 6.42 Å². The highest BCUT2D eigenvalue weighted by atomic mass is 35.5. The summed E-state index contributed by atoms with van der Waals surface area (Å²) in [6.07, 6.45) is -0.00269. The normalized spacial score (nSPS) is 11.6. The molecule has 0 saturated carbocycles. The van der Waals surface area contributed by atoms with Gasteiger partial charge in [-0.1, -0.05) is 0 Å². The number of rotatable bonds is 4. The van der Waals surface area contributed by atoms with Gasteiger partial charge in [0.25, 0.3) is 0 Å². The largest absolute Gasteiger partial charge is 0.469 e. The highest BCUT2D eigenvalue weighted by Gasteiger charge is 2.20. The molecule has 0 saturated heterocycles. The highest BCUT2D eigenvalue weighted by molar-refractivity contribution is 5.85. The van der Waals surface area contributed by atoms with E-state index in [1.165, 1.54) is 7.11 Å². The van der Waals surface area contributed by atoms with Crippen LogP contribution in [0.4, 0.5) is 13.2 Å². The number of nitrogens with two attached hydrogens (primary N) is 1. The Hall–Kier alpha value is -1.27. The van der Waals surface area contributed by atoms with Gasteiger partial charge in [0.05, 0.1) is 13.0 Å². The second kappa shape index (κ2) is 7.23. The van der Waals surface area contributed by atoms with Crippen LogP contribution in [0.25, 0.3) is 0 Å². The van der Waals surface area contributed by atoms with Crippen molar-refractivity contribution in [3.05, 3.63) is 35.1 Å².